The van der Waals surface area contributed by atoms with Crippen LogP contribution in [0.4, 0.5) is 0 Å². The van der Waals surface area contributed by atoms with Crippen molar-refractivity contribution in [1.82, 2.24) is 0 Å². The molecule has 18 heavy (non-hydrogen) atoms. The molecule has 0 amide bonds. The number of hydrogen-bond donors (Lipinski definition) is 1. The molecule has 5 heteroatoms. The van der Waals surface area contributed by atoms with Crippen molar-refractivity contribution in [2.45, 2.75) is 25.2 Å². The van der Waals surface area contributed by atoms with Crippen LogP contribution in [-0.4, -0.2) is 32.7 Å². The zero-order valence-corrected chi connectivity index (χ0v) is 12.0. The molecule has 100 valence electrons. The van der Waals surface area contributed by atoms with Crippen LogP contribution < -0.4 is 10.5 Å². The fourth-order valence-electron chi connectivity index (χ4n) is 2.06. The molecule has 2 rings (SSSR count). The standard InChI is InChI=1S/C13H18BrNO3/c1-16-12-3-2-10(14)6-9(12)7-11(15)8-13-17-4-5-18-13/h2-3,6,11,13H,4-5,7-8,15H2,1H3. The highest BCUT2D eigenvalue weighted by atomic mass is 79.9. The van der Waals surface area contributed by atoms with E-state index in [1.54, 1.807) is 7.11 Å². The summed E-state index contributed by atoms with van der Waals surface area (Å²) in [7, 11) is 1.67. The molecule has 1 heterocycles. The van der Waals surface area contributed by atoms with Crippen LogP contribution in [-0.2, 0) is 15.9 Å². The molecule has 4 nitrogen and oxygen atoms in total. The van der Waals surface area contributed by atoms with E-state index in [2.05, 4.69) is 15.9 Å². The average Bonchev–Trinajstić information content (AvgIpc) is 2.82. The summed E-state index contributed by atoms with van der Waals surface area (Å²) in [4.78, 5) is 0. The lowest BCUT2D eigenvalue weighted by molar-refractivity contribution is -0.0504. The van der Waals surface area contributed by atoms with Crippen LogP contribution in [0.2, 0.25) is 0 Å². The molecule has 0 aromatic heterocycles. The van der Waals surface area contributed by atoms with Gasteiger partial charge in [0.1, 0.15) is 5.75 Å². The summed E-state index contributed by atoms with van der Waals surface area (Å²) >= 11 is 3.46. The highest BCUT2D eigenvalue weighted by molar-refractivity contribution is 9.10. The molecule has 1 unspecified atom stereocenters. The third-order valence-corrected chi connectivity index (χ3v) is 3.40. The lowest BCUT2D eigenvalue weighted by atomic mass is 10.0. The van der Waals surface area contributed by atoms with Gasteiger partial charge in [0.25, 0.3) is 0 Å². The van der Waals surface area contributed by atoms with Crippen molar-refractivity contribution in [2.75, 3.05) is 20.3 Å². The van der Waals surface area contributed by atoms with Crippen LogP contribution >= 0.6 is 15.9 Å². The maximum absolute atomic E-state index is 6.13. The van der Waals surface area contributed by atoms with Gasteiger partial charge in [0.2, 0.25) is 0 Å². The number of methoxy groups -OCH3 is 1. The number of benzene rings is 1. The van der Waals surface area contributed by atoms with Gasteiger partial charge in [0, 0.05) is 16.9 Å². The van der Waals surface area contributed by atoms with Crippen LogP contribution in [0.25, 0.3) is 0 Å². The molecular formula is C13H18BrNO3. The average molecular weight is 316 g/mol. The third-order valence-electron chi connectivity index (χ3n) is 2.91. The van der Waals surface area contributed by atoms with Gasteiger partial charge in [-0.2, -0.15) is 0 Å². The lowest BCUT2D eigenvalue weighted by Gasteiger charge is -2.17. The predicted octanol–water partition coefficient (Wildman–Crippen LogP) is 2.09. The zero-order chi connectivity index (χ0) is 13.0. The minimum absolute atomic E-state index is 0.00343. The number of rotatable bonds is 5. The van der Waals surface area contributed by atoms with Crippen molar-refractivity contribution in [3.63, 3.8) is 0 Å². The molecule has 1 aliphatic heterocycles. The highest BCUT2D eigenvalue weighted by Gasteiger charge is 2.20. The number of ether oxygens (including phenoxy) is 3. The molecule has 1 fully saturated rings. The van der Waals surface area contributed by atoms with Gasteiger partial charge in [-0.3, -0.25) is 0 Å². The summed E-state index contributed by atoms with van der Waals surface area (Å²) in [5.74, 6) is 0.863. The minimum atomic E-state index is -0.154. The first-order valence-corrected chi connectivity index (χ1v) is 6.79. The van der Waals surface area contributed by atoms with Crippen LogP contribution in [0.3, 0.4) is 0 Å². The van der Waals surface area contributed by atoms with Gasteiger partial charge in [-0.1, -0.05) is 15.9 Å². The molecular weight excluding hydrogens is 298 g/mol. The Balaban J connectivity index is 1.96. The molecule has 0 radical (unpaired) electrons. The Morgan fingerprint density at radius 3 is 2.83 bits per heavy atom. The van der Waals surface area contributed by atoms with Crippen molar-refractivity contribution < 1.29 is 14.2 Å². The zero-order valence-electron chi connectivity index (χ0n) is 10.4. The van der Waals surface area contributed by atoms with Gasteiger partial charge in [-0.15, -0.1) is 0 Å². The Bertz CT molecular complexity index is 394. The summed E-state index contributed by atoms with van der Waals surface area (Å²) in [6.07, 6.45) is 1.29. The van der Waals surface area contributed by atoms with Crippen LogP contribution in [0.5, 0.6) is 5.75 Å². The van der Waals surface area contributed by atoms with Crippen molar-refractivity contribution in [3.05, 3.63) is 28.2 Å². The first kappa shape index (κ1) is 13.8. The van der Waals surface area contributed by atoms with E-state index in [9.17, 15) is 0 Å². The minimum Gasteiger partial charge on any atom is -0.496 e. The Kier molecular flexibility index (Phi) is 5.00. The van der Waals surface area contributed by atoms with Crippen LogP contribution in [0.1, 0.15) is 12.0 Å². The molecule has 2 N–H and O–H groups in total. The van der Waals surface area contributed by atoms with Gasteiger partial charge >= 0.3 is 0 Å². The van der Waals surface area contributed by atoms with Crippen molar-refractivity contribution in [1.29, 1.82) is 0 Å². The summed E-state index contributed by atoms with van der Waals surface area (Å²) in [6, 6.07) is 5.93. The number of hydrogen-bond acceptors (Lipinski definition) is 4. The van der Waals surface area contributed by atoms with E-state index in [-0.39, 0.29) is 12.3 Å². The number of halogens is 1. The highest BCUT2D eigenvalue weighted by Crippen LogP contribution is 2.25. The summed E-state index contributed by atoms with van der Waals surface area (Å²) in [5.41, 5.74) is 7.22. The van der Waals surface area contributed by atoms with E-state index >= 15 is 0 Å². The van der Waals surface area contributed by atoms with Gasteiger partial charge in [0.05, 0.1) is 20.3 Å². The van der Waals surface area contributed by atoms with E-state index in [0.29, 0.717) is 19.6 Å². The van der Waals surface area contributed by atoms with Gasteiger partial charge in [-0.05, 0) is 30.2 Å². The topological polar surface area (TPSA) is 53.7 Å². The van der Waals surface area contributed by atoms with Crippen molar-refractivity contribution >= 4 is 15.9 Å². The van der Waals surface area contributed by atoms with Gasteiger partial charge in [0.15, 0.2) is 6.29 Å². The predicted molar refractivity (Wildman–Crippen MR) is 72.7 cm³/mol. The molecule has 1 atom stereocenters. The Morgan fingerprint density at radius 2 is 2.17 bits per heavy atom. The normalized spacial score (nSPS) is 17.9. The quantitative estimate of drug-likeness (QED) is 0.904. The van der Waals surface area contributed by atoms with Gasteiger partial charge < -0.3 is 19.9 Å². The fourth-order valence-corrected chi connectivity index (χ4v) is 2.47. The van der Waals surface area contributed by atoms with E-state index in [0.717, 1.165) is 22.2 Å². The van der Waals surface area contributed by atoms with Crippen LogP contribution in [0, 0.1) is 0 Å². The third kappa shape index (κ3) is 3.68. The van der Waals surface area contributed by atoms with Crippen LogP contribution in [0.15, 0.2) is 22.7 Å². The van der Waals surface area contributed by atoms with E-state index in [4.69, 9.17) is 19.9 Å². The van der Waals surface area contributed by atoms with E-state index < -0.39 is 0 Å². The number of nitrogens with two attached hydrogens (primary N) is 1. The smallest absolute Gasteiger partial charge is 0.159 e. The first-order valence-electron chi connectivity index (χ1n) is 6.00. The Hall–Kier alpha value is -0.620. The SMILES string of the molecule is COc1ccc(Br)cc1CC(N)CC1OCCO1. The second kappa shape index (κ2) is 6.52. The first-order chi connectivity index (χ1) is 8.69. The summed E-state index contributed by atoms with van der Waals surface area (Å²) < 4.78 is 17.2. The second-order valence-corrected chi connectivity index (χ2v) is 5.24. The molecule has 1 aliphatic rings. The second-order valence-electron chi connectivity index (χ2n) is 4.33. The largest absolute Gasteiger partial charge is 0.496 e. The fraction of sp³-hybridized carbons (Fsp3) is 0.538. The molecule has 1 aromatic carbocycles. The van der Waals surface area contributed by atoms with Gasteiger partial charge in [-0.25, -0.2) is 0 Å². The molecule has 0 spiro atoms. The Morgan fingerprint density at radius 1 is 1.44 bits per heavy atom. The Labute approximate surface area is 116 Å². The maximum atomic E-state index is 6.13. The molecule has 1 aromatic rings. The van der Waals surface area contributed by atoms with Crippen molar-refractivity contribution in [2.24, 2.45) is 5.73 Å². The summed E-state index contributed by atoms with van der Waals surface area (Å²) in [6.45, 7) is 1.33. The maximum Gasteiger partial charge on any atom is 0.159 e. The molecule has 1 saturated heterocycles. The molecule has 0 aliphatic carbocycles. The van der Waals surface area contributed by atoms with E-state index in [1.807, 2.05) is 18.2 Å². The molecule has 0 saturated carbocycles. The van der Waals surface area contributed by atoms with Crippen molar-refractivity contribution in [3.8, 4) is 5.75 Å². The molecule has 0 bridgehead atoms. The monoisotopic (exact) mass is 315 g/mol. The summed E-state index contributed by atoms with van der Waals surface area (Å²) in [5, 5.41) is 0. The lowest BCUT2D eigenvalue weighted by Crippen LogP contribution is -2.29. The van der Waals surface area contributed by atoms with E-state index in [1.165, 1.54) is 0 Å².